The summed E-state index contributed by atoms with van der Waals surface area (Å²) in [5, 5.41) is 0. The quantitative estimate of drug-likeness (QED) is 0.605. The van der Waals surface area contributed by atoms with Crippen LogP contribution in [-0.4, -0.2) is 30.3 Å². The zero-order chi connectivity index (χ0) is 10.1. The van der Waals surface area contributed by atoms with E-state index >= 15 is 0 Å². The fourth-order valence-corrected chi connectivity index (χ4v) is 1.12. The highest BCUT2D eigenvalue weighted by Gasteiger charge is 2.41. The zero-order valence-electron chi connectivity index (χ0n) is 8.42. The first-order valence-corrected chi connectivity index (χ1v) is 4.44. The molecule has 1 atom stereocenters. The van der Waals surface area contributed by atoms with E-state index in [9.17, 15) is 4.79 Å². The van der Waals surface area contributed by atoms with E-state index in [1.54, 1.807) is 0 Å². The van der Waals surface area contributed by atoms with E-state index in [0.29, 0.717) is 13.0 Å². The first-order chi connectivity index (χ1) is 5.83. The standard InChI is InChI=1S/C9H17NO3/c1-8(2,3)13-7(11)9(10)4-5-12-6-9/h4-6,10H2,1-3H3/t9-/m0/s1. The van der Waals surface area contributed by atoms with Crippen LogP contribution in [0.4, 0.5) is 0 Å². The highest BCUT2D eigenvalue weighted by atomic mass is 16.6. The number of carbonyl (C=O) groups is 1. The fourth-order valence-electron chi connectivity index (χ4n) is 1.12. The number of hydrogen-bond acceptors (Lipinski definition) is 4. The molecule has 1 rings (SSSR count). The minimum absolute atomic E-state index is 0.266. The number of esters is 1. The summed E-state index contributed by atoms with van der Waals surface area (Å²) in [5.74, 6) is -0.363. The predicted molar refractivity (Wildman–Crippen MR) is 48.2 cm³/mol. The van der Waals surface area contributed by atoms with Gasteiger partial charge in [0.05, 0.1) is 6.61 Å². The third-order valence-electron chi connectivity index (χ3n) is 1.86. The topological polar surface area (TPSA) is 61.5 Å². The molecule has 4 nitrogen and oxygen atoms in total. The van der Waals surface area contributed by atoms with Crippen LogP contribution in [0.1, 0.15) is 27.2 Å². The Hall–Kier alpha value is -0.610. The lowest BCUT2D eigenvalue weighted by atomic mass is 10.0. The Morgan fingerprint density at radius 2 is 2.15 bits per heavy atom. The summed E-state index contributed by atoms with van der Waals surface area (Å²) >= 11 is 0. The van der Waals surface area contributed by atoms with Crippen LogP contribution in [0.15, 0.2) is 0 Å². The van der Waals surface area contributed by atoms with E-state index in [1.807, 2.05) is 20.8 Å². The van der Waals surface area contributed by atoms with Crippen molar-refractivity contribution in [2.45, 2.75) is 38.3 Å². The van der Waals surface area contributed by atoms with Crippen molar-refractivity contribution in [1.29, 1.82) is 0 Å². The molecule has 1 saturated heterocycles. The Morgan fingerprint density at radius 3 is 2.54 bits per heavy atom. The molecule has 4 heteroatoms. The Bertz CT molecular complexity index is 201. The molecule has 1 fully saturated rings. The average molecular weight is 187 g/mol. The Kier molecular flexibility index (Phi) is 2.63. The first kappa shape index (κ1) is 10.5. The minimum atomic E-state index is -0.923. The third-order valence-corrected chi connectivity index (χ3v) is 1.86. The van der Waals surface area contributed by atoms with Gasteiger partial charge in [-0.2, -0.15) is 0 Å². The second-order valence-electron chi connectivity index (χ2n) is 4.46. The zero-order valence-corrected chi connectivity index (χ0v) is 8.42. The molecular weight excluding hydrogens is 170 g/mol. The Morgan fingerprint density at radius 1 is 1.54 bits per heavy atom. The van der Waals surface area contributed by atoms with Gasteiger partial charge in [-0.15, -0.1) is 0 Å². The average Bonchev–Trinajstić information content (AvgIpc) is 2.33. The van der Waals surface area contributed by atoms with Crippen molar-refractivity contribution in [3.63, 3.8) is 0 Å². The summed E-state index contributed by atoms with van der Waals surface area (Å²) in [7, 11) is 0. The van der Waals surface area contributed by atoms with Gasteiger partial charge in [0.2, 0.25) is 0 Å². The van der Waals surface area contributed by atoms with Gasteiger partial charge in [-0.05, 0) is 20.8 Å². The number of rotatable bonds is 1. The van der Waals surface area contributed by atoms with Gasteiger partial charge in [0.15, 0.2) is 0 Å². The van der Waals surface area contributed by atoms with E-state index in [4.69, 9.17) is 15.2 Å². The summed E-state index contributed by atoms with van der Waals surface area (Å²) in [5.41, 5.74) is 4.41. The molecule has 0 unspecified atom stereocenters. The van der Waals surface area contributed by atoms with Crippen molar-refractivity contribution in [1.82, 2.24) is 0 Å². The van der Waals surface area contributed by atoms with Gasteiger partial charge in [-0.25, -0.2) is 4.79 Å². The molecule has 0 spiro atoms. The van der Waals surface area contributed by atoms with E-state index in [1.165, 1.54) is 0 Å². The molecule has 0 aromatic rings. The molecule has 0 aliphatic carbocycles. The number of carbonyl (C=O) groups excluding carboxylic acids is 1. The van der Waals surface area contributed by atoms with Crippen molar-refractivity contribution >= 4 is 5.97 Å². The lowest BCUT2D eigenvalue weighted by Crippen LogP contribution is -2.51. The van der Waals surface area contributed by atoms with Crippen molar-refractivity contribution in [3.8, 4) is 0 Å². The van der Waals surface area contributed by atoms with Gasteiger partial charge in [0.1, 0.15) is 11.1 Å². The summed E-state index contributed by atoms with van der Waals surface area (Å²) < 4.78 is 10.3. The minimum Gasteiger partial charge on any atom is -0.459 e. The molecule has 1 heterocycles. The van der Waals surface area contributed by atoms with Crippen LogP contribution in [-0.2, 0) is 14.3 Å². The molecule has 1 aliphatic rings. The van der Waals surface area contributed by atoms with Crippen LogP contribution in [0.2, 0.25) is 0 Å². The monoisotopic (exact) mass is 187 g/mol. The third kappa shape index (κ3) is 2.67. The molecular formula is C9H17NO3. The number of nitrogens with two attached hydrogens (primary N) is 1. The fraction of sp³-hybridized carbons (Fsp3) is 0.889. The van der Waals surface area contributed by atoms with Crippen LogP contribution >= 0.6 is 0 Å². The van der Waals surface area contributed by atoms with E-state index in [-0.39, 0.29) is 12.6 Å². The molecule has 0 aromatic heterocycles. The van der Waals surface area contributed by atoms with Gasteiger partial charge >= 0.3 is 5.97 Å². The maximum Gasteiger partial charge on any atom is 0.329 e. The SMILES string of the molecule is CC(C)(C)OC(=O)[C@]1(N)CCOC1. The molecule has 76 valence electrons. The summed E-state index contributed by atoms with van der Waals surface area (Å²) in [6.45, 7) is 6.27. The van der Waals surface area contributed by atoms with E-state index < -0.39 is 11.1 Å². The maximum atomic E-state index is 11.6. The van der Waals surface area contributed by atoms with Gasteiger partial charge in [0, 0.05) is 13.0 Å². The predicted octanol–water partition coefficient (Wildman–Crippen LogP) is 0.446. The molecule has 0 amide bonds. The lowest BCUT2D eigenvalue weighted by molar-refractivity contribution is -0.161. The molecule has 0 radical (unpaired) electrons. The molecule has 1 aliphatic heterocycles. The van der Waals surface area contributed by atoms with Crippen LogP contribution in [0, 0.1) is 0 Å². The molecule has 13 heavy (non-hydrogen) atoms. The van der Waals surface area contributed by atoms with Crippen molar-refractivity contribution in [2.75, 3.05) is 13.2 Å². The van der Waals surface area contributed by atoms with E-state index in [0.717, 1.165) is 0 Å². The highest BCUT2D eigenvalue weighted by molar-refractivity contribution is 5.81. The largest absolute Gasteiger partial charge is 0.459 e. The highest BCUT2D eigenvalue weighted by Crippen LogP contribution is 2.20. The Labute approximate surface area is 78.4 Å². The van der Waals surface area contributed by atoms with Crippen LogP contribution in [0.25, 0.3) is 0 Å². The van der Waals surface area contributed by atoms with Crippen LogP contribution in [0.5, 0.6) is 0 Å². The summed E-state index contributed by atoms with van der Waals surface area (Å²) in [6.07, 6.45) is 0.544. The summed E-state index contributed by atoms with van der Waals surface area (Å²) in [4.78, 5) is 11.6. The van der Waals surface area contributed by atoms with Crippen LogP contribution in [0.3, 0.4) is 0 Å². The van der Waals surface area contributed by atoms with Gasteiger partial charge in [0.25, 0.3) is 0 Å². The molecule has 0 aromatic carbocycles. The second kappa shape index (κ2) is 3.27. The molecule has 0 bridgehead atoms. The first-order valence-electron chi connectivity index (χ1n) is 4.44. The van der Waals surface area contributed by atoms with E-state index in [2.05, 4.69) is 0 Å². The van der Waals surface area contributed by atoms with Gasteiger partial charge < -0.3 is 15.2 Å². The molecule has 0 saturated carbocycles. The van der Waals surface area contributed by atoms with Crippen molar-refractivity contribution in [3.05, 3.63) is 0 Å². The normalized spacial score (nSPS) is 28.9. The lowest BCUT2D eigenvalue weighted by Gasteiger charge is -2.26. The molecule has 2 N–H and O–H groups in total. The van der Waals surface area contributed by atoms with Gasteiger partial charge in [-0.3, -0.25) is 0 Å². The smallest absolute Gasteiger partial charge is 0.329 e. The second-order valence-corrected chi connectivity index (χ2v) is 4.46. The van der Waals surface area contributed by atoms with Crippen molar-refractivity contribution < 1.29 is 14.3 Å². The number of hydrogen-bond donors (Lipinski definition) is 1. The van der Waals surface area contributed by atoms with Crippen LogP contribution < -0.4 is 5.73 Å². The number of ether oxygens (including phenoxy) is 2. The van der Waals surface area contributed by atoms with Crippen molar-refractivity contribution in [2.24, 2.45) is 5.73 Å². The van der Waals surface area contributed by atoms with Gasteiger partial charge in [-0.1, -0.05) is 0 Å². The Balaban J connectivity index is 2.57. The summed E-state index contributed by atoms with van der Waals surface area (Å²) in [6, 6.07) is 0. The maximum absolute atomic E-state index is 11.6.